The van der Waals surface area contributed by atoms with Gasteiger partial charge in [0.05, 0.1) is 5.69 Å². The van der Waals surface area contributed by atoms with Crippen molar-refractivity contribution in [2.75, 3.05) is 0 Å². The number of nitrogens with zero attached hydrogens (tertiary/aromatic N) is 3. The monoisotopic (exact) mass is 565 g/mol. The van der Waals surface area contributed by atoms with Gasteiger partial charge in [-0.2, -0.15) is 0 Å². The maximum atomic E-state index is 13.2. The molecule has 3 rings (SSSR count). The molecule has 0 bridgehead atoms. The van der Waals surface area contributed by atoms with Crippen LogP contribution in [0.4, 0.5) is 4.39 Å². The van der Waals surface area contributed by atoms with Gasteiger partial charge in [-0.25, -0.2) is 14.2 Å². The Morgan fingerprint density at radius 1 is 1.11 bits per heavy atom. The van der Waals surface area contributed by atoms with Gasteiger partial charge >= 0.3 is 5.97 Å². The smallest absolute Gasteiger partial charge is 0.354 e. The predicted octanol–water partition coefficient (Wildman–Crippen LogP) is 4.15. The maximum Gasteiger partial charge on any atom is 0.354 e. The van der Waals surface area contributed by atoms with Crippen molar-refractivity contribution in [3.8, 4) is 11.3 Å². The number of hydrogen-bond donors (Lipinski definition) is 1. The Kier molecular flexibility index (Phi) is 6.45. The standard InChI is InChI=1S/C19H14ClFN3O2.Pt/c1-19(2,15-8-4-6-13(23-15)18(25)26)14-7-3-5-12(22-14)11-9-10-16(21)24-17(11)20;/h3-8,10H,1-2H3,(H,25,26);/q-1;. The van der Waals surface area contributed by atoms with Gasteiger partial charge in [0.1, 0.15) is 11.6 Å². The van der Waals surface area contributed by atoms with Gasteiger partial charge in [0.15, 0.2) is 0 Å². The molecule has 0 aliphatic rings. The molecule has 0 radical (unpaired) electrons. The quantitative estimate of drug-likeness (QED) is 0.380. The van der Waals surface area contributed by atoms with Crippen molar-refractivity contribution in [1.29, 1.82) is 0 Å². The van der Waals surface area contributed by atoms with Crippen LogP contribution < -0.4 is 0 Å². The first-order valence-corrected chi connectivity index (χ1v) is 8.09. The first-order valence-electron chi connectivity index (χ1n) is 7.71. The number of carboxylic acid groups (broad SMARTS) is 1. The molecule has 3 heterocycles. The number of halogens is 2. The number of carbonyl (C=O) groups is 1. The number of rotatable bonds is 4. The molecule has 27 heavy (non-hydrogen) atoms. The summed E-state index contributed by atoms with van der Waals surface area (Å²) in [6.45, 7) is 3.78. The van der Waals surface area contributed by atoms with Gasteiger partial charge in [0.25, 0.3) is 0 Å². The summed E-state index contributed by atoms with van der Waals surface area (Å²) in [7, 11) is 0. The van der Waals surface area contributed by atoms with Gasteiger partial charge in [-0.15, -0.1) is 17.7 Å². The Bertz CT molecular complexity index is 998. The van der Waals surface area contributed by atoms with Crippen LogP contribution in [0.2, 0.25) is 5.15 Å². The maximum absolute atomic E-state index is 13.2. The van der Waals surface area contributed by atoms with E-state index in [9.17, 15) is 9.18 Å². The largest absolute Gasteiger partial charge is 0.477 e. The van der Waals surface area contributed by atoms with E-state index in [0.29, 0.717) is 22.6 Å². The van der Waals surface area contributed by atoms with E-state index >= 15 is 0 Å². The van der Waals surface area contributed by atoms with Crippen LogP contribution in [-0.4, -0.2) is 26.0 Å². The number of hydrogen-bond acceptors (Lipinski definition) is 4. The van der Waals surface area contributed by atoms with E-state index < -0.39 is 17.3 Å². The Balaban J connectivity index is 0.00000261. The minimum absolute atomic E-state index is 0. The van der Waals surface area contributed by atoms with Crippen LogP contribution in [0.3, 0.4) is 0 Å². The van der Waals surface area contributed by atoms with Crippen molar-refractivity contribution < 1.29 is 35.4 Å². The van der Waals surface area contributed by atoms with Crippen LogP contribution >= 0.6 is 11.6 Å². The van der Waals surface area contributed by atoms with E-state index in [1.165, 1.54) is 6.07 Å². The second-order valence-corrected chi connectivity index (χ2v) is 6.49. The molecule has 142 valence electrons. The Labute approximate surface area is 174 Å². The summed E-state index contributed by atoms with van der Waals surface area (Å²) in [6, 6.07) is 14.0. The van der Waals surface area contributed by atoms with Gasteiger partial charge in [0.2, 0.25) is 0 Å². The molecule has 0 amide bonds. The summed E-state index contributed by atoms with van der Waals surface area (Å²) in [5.74, 6) is -1.81. The van der Waals surface area contributed by atoms with Crippen LogP contribution in [0.25, 0.3) is 11.3 Å². The van der Waals surface area contributed by atoms with Crippen LogP contribution in [0.5, 0.6) is 0 Å². The van der Waals surface area contributed by atoms with E-state index in [1.807, 2.05) is 19.9 Å². The fourth-order valence-corrected chi connectivity index (χ4v) is 2.74. The summed E-state index contributed by atoms with van der Waals surface area (Å²) in [5.41, 5.74) is 1.39. The topological polar surface area (TPSA) is 76.0 Å². The van der Waals surface area contributed by atoms with E-state index in [0.717, 1.165) is 6.07 Å². The second kappa shape index (κ2) is 8.24. The molecule has 0 spiro atoms. The third kappa shape index (κ3) is 4.39. The van der Waals surface area contributed by atoms with Crippen molar-refractivity contribution in [3.63, 3.8) is 0 Å². The molecule has 0 aliphatic heterocycles. The Morgan fingerprint density at radius 2 is 1.74 bits per heavy atom. The SMILES string of the molecule is CC(C)(c1cccc(C(=O)O)n1)c1cccc(-c2[c-]cc(F)nc2Cl)n1.[Pt]. The summed E-state index contributed by atoms with van der Waals surface area (Å²) >= 11 is 6.00. The average molecular weight is 566 g/mol. The van der Waals surface area contributed by atoms with E-state index in [-0.39, 0.29) is 31.9 Å². The summed E-state index contributed by atoms with van der Waals surface area (Å²) in [5, 5.41) is 9.13. The fraction of sp³-hybridized carbons (Fsp3) is 0.158. The van der Waals surface area contributed by atoms with Gasteiger partial charge in [0, 0.05) is 37.3 Å². The molecule has 1 N–H and O–H groups in total. The molecule has 0 unspecified atom stereocenters. The van der Waals surface area contributed by atoms with Crippen molar-refractivity contribution in [2.24, 2.45) is 0 Å². The molecular weight excluding hydrogens is 552 g/mol. The van der Waals surface area contributed by atoms with Crippen LogP contribution in [0.15, 0.2) is 42.5 Å². The van der Waals surface area contributed by atoms with Gasteiger partial charge < -0.3 is 15.1 Å². The Morgan fingerprint density at radius 3 is 2.37 bits per heavy atom. The summed E-state index contributed by atoms with van der Waals surface area (Å²) < 4.78 is 13.2. The predicted molar refractivity (Wildman–Crippen MR) is 94.6 cm³/mol. The zero-order valence-electron chi connectivity index (χ0n) is 14.3. The summed E-state index contributed by atoms with van der Waals surface area (Å²) in [4.78, 5) is 23.6. The van der Waals surface area contributed by atoms with Crippen LogP contribution in [-0.2, 0) is 26.5 Å². The number of pyridine rings is 3. The minimum Gasteiger partial charge on any atom is -0.477 e. The molecule has 3 aromatic rings. The number of carboxylic acids is 1. The number of aromatic nitrogens is 3. The van der Waals surface area contributed by atoms with Crippen LogP contribution in [0.1, 0.15) is 35.7 Å². The summed E-state index contributed by atoms with van der Waals surface area (Å²) in [6.07, 6.45) is 0. The molecule has 8 heteroatoms. The zero-order valence-corrected chi connectivity index (χ0v) is 17.3. The molecule has 3 aromatic heterocycles. The average Bonchev–Trinajstić information content (AvgIpc) is 2.62. The third-order valence-corrected chi connectivity index (χ3v) is 4.27. The molecule has 0 atom stereocenters. The van der Waals surface area contributed by atoms with E-state index in [2.05, 4.69) is 21.0 Å². The zero-order chi connectivity index (χ0) is 18.9. The molecular formula is C19H14ClFN3O2Pt-. The van der Waals surface area contributed by atoms with Gasteiger partial charge in [-0.05, 0) is 37.7 Å². The fourth-order valence-electron chi connectivity index (χ4n) is 2.51. The molecule has 0 aromatic carbocycles. The van der Waals surface area contributed by atoms with Crippen molar-refractivity contribution in [3.05, 3.63) is 76.7 Å². The normalized spacial score (nSPS) is 11.0. The first kappa shape index (κ1) is 21.1. The minimum atomic E-state index is -1.09. The van der Waals surface area contributed by atoms with Crippen molar-refractivity contribution >= 4 is 17.6 Å². The third-order valence-electron chi connectivity index (χ3n) is 4.00. The molecule has 0 saturated heterocycles. The Hall–Kier alpha value is -2.17. The first-order chi connectivity index (χ1) is 12.3. The molecule has 0 fully saturated rings. The van der Waals surface area contributed by atoms with E-state index in [4.69, 9.17) is 16.7 Å². The second-order valence-electron chi connectivity index (χ2n) is 6.14. The molecule has 0 aliphatic carbocycles. The van der Waals surface area contributed by atoms with E-state index in [1.54, 1.807) is 24.3 Å². The van der Waals surface area contributed by atoms with Gasteiger partial charge in [-0.3, -0.25) is 0 Å². The molecule has 5 nitrogen and oxygen atoms in total. The van der Waals surface area contributed by atoms with Crippen molar-refractivity contribution in [1.82, 2.24) is 15.0 Å². The van der Waals surface area contributed by atoms with Crippen molar-refractivity contribution in [2.45, 2.75) is 19.3 Å². The molecule has 0 saturated carbocycles. The van der Waals surface area contributed by atoms with Crippen LogP contribution in [0, 0.1) is 12.0 Å². The number of aromatic carboxylic acids is 1. The van der Waals surface area contributed by atoms with Gasteiger partial charge in [-0.1, -0.05) is 29.8 Å².